The minimum atomic E-state index is -0.641. The van der Waals surface area contributed by atoms with Gasteiger partial charge < -0.3 is 4.42 Å². The van der Waals surface area contributed by atoms with E-state index < -0.39 is 11.8 Å². The number of nitrogens with zero attached hydrogens (tertiary/aromatic N) is 3. The van der Waals surface area contributed by atoms with Crippen LogP contribution in [0, 0.1) is 6.92 Å². The summed E-state index contributed by atoms with van der Waals surface area (Å²) in [5.74, 6) is -0.136. The number of thiophene rings is 1. The van der Waals surface area contributed by atoms with Crippen molar-refractivity contribution in [1.29, 1.82) is 0 Å². The highest BCUT2D eigenvalue weighted by Gasteiger charge is 2.19. The Morgan fingerprint density at radius 2 is 1.72 bits per heavy atom. The van der Waals surface area contributed by atoms with Crippen LogP contribution in [0.1, 0.15) is 27.5 Å². The molecule has 0 aliphatic heterocycles. The Bertz CT molecular complexity index is 1610. The summed E-state index contributed by atoms with van der Waals surface area (Å²) in [6, 6.07) is 19.9. The summed E-state index contributed by atoms with van der Waals surface area (Å²) < 4.78 is 6.92. The molecule has 0 unspecified atom stereocenters. The lowest BCUT2D eigenvalue weighted by atomic mass is 10.1. The Hall–Kier alpha value is -4.57. The van der Waals surface area contributed by atoms with Gasteiger partial charge in [-0.15, -0.1) is 11.3 Å². The molecule has 36 heavy (non-hydrogen) atoms. The number of carbonyl (C=O) groups is 2. The summed E-state index contributed by atoms with van der Waals surface area (Å²) in [6.07, 6.45) is -0.0807. The Morgan fingerprint density at radius 3 is 2.47 bits per heavy atom. The quantitative estimate of drug-likeness (QED) is 0.345. The van der Waals surface area contributed by atoms with Crippen LogP contribution in [0.2, 0.25) is 0 Å². The standard InChI is InChI=1S/C26H21N5O4S/c1-16-20(27-25(35-16)21-12-7-13-36-21)14-22(32)28-29-24(33)23-18-10-5-6-11-19(18)26(34)31(30-23)15-17-8-3-2-4-9-17/h2-13H,14-15H2,1H3,(H,28,32)(H,29,33). The number of nitrogens with one attached hydrogen (secondary N) is 2. The zero-order valence-electron chi connectivity index (χ0n) is 19.2. The van der Waals surface area contributed by atoms with Gasteiger partial charge in [0.15, 0.2) is 5.69 Å². The van der Waals surface area contributed by atoms with E-state index in [0.717, 1.165) is 10.4 Å². The van der Waals surface area contributed by atoms with Crippen molar-refractivity contribution in [3.63, 3.8) is 0 Å². The van der Waals surface area contributed by atoms with Gasteiger partial charge in [0.25, 0.3) is 11.5 Å². The zero-order chi connectivity index (χ0) is 25.1. The molecule has 5 aromatic rings. The van der Waals surface area contributed by atoms with Crippen LogP contribution in [0.4, 0.5) is 0 Å². The smallest absolute Gasteiger partial charge is 0.290 e. The second-order valence-corrected chi connectivity index (χ2v) is 8.97. The SMILES string of the molecule is Cc1oc(-c2cccs2)nc1CC(=O)NNC(=O)c1nn(Cc2ccccc2)c(=O)c2ccccc12. The average Bonchev–Trinajstić information content (AvgIpc) is 3.55. The Kier molecular flexibility index (Phi) is 6.42. The molecule has 3 aromatic heterocycles. The van der Waals surface area contributed by atoms with E-state index in [4.69, 9.17) is 4.42 Å². The second-order valence-electron chi connectivity index (χ2n) is 8.02. The van der Waals surface area contributed by atoms with Gasteiger partial charge in [0.2, 0.25) is 11.8 Å². The summed E-state index contributed by atoms with van der Waals surface area (Å²) in [7, 11) is 0. The first-order valence-corrected chi connectivity index (χ1v) is 12.0. The van der Waals surface area contributed by atoms with Gasteiger partial charge in [-0.05, 0) is 30.0 Å². The number of hydrogen-bond acceptors (Lipinski definition) is 7. The number of amides is 2. The number of benzene rings is 2. The molecule has 0 spiro atoms. The highest BCUT2D eigenvalue weighted by atomic mass is 32.1. The lowest BCUT2D eigenvalue weighted by molar-refractivity contribution is -0.121. The molecule has 5 rings (SSSR count). The van der Waals surface area contributed by atoms with Crippen LogP contribution >= 0.6 is 11.3 Å². The number of aryl methyl sites for hydroxylation is 1. The summed E-state index contributed by atoms with van der Waals surface area (Å²) in [4.78, 5) is 43.8. The van der Waals surface area contributed by atoms with Crippen LogP contribution in [0.5, 0.6) is 0 Å². The van der Waals surface area contributed by atoms with Gasteiger partial charge in [-0.2, -0.15) is 5.10 Å². The maximum Gasteiger partial charge on any atom is 0.290 e. The van der Waals surface area contributed by atoms with Gasteiger partial charge in [-0.1, -0.05) is 54.6 Å². The van der Waals surface area contributed by atoms with Gasteiger partial charge in [-0.25, -0.2) is 9.67 Å². The van der Waals surface area contributed by atoms with E-state index in [2.05, 4.69) is 20.9 Å². The van der Waals surface area contributed by atoms with Gasteiger partial charge in [0.05, 0.1) is 28.9 Å². The van der Waals surface area contributed by atoms with E-state index in [9.17, 15) is 14.4 Å². The molecular formula is C26H21N5O4S. The maximum atomic E-state index is 13.0. The molecule has 0 atom stereocenters. The number of hydrazine groups is 1. The van der Waals surface area contributed by atoms with Crippen molar-refractivity contribution >= 4 is 33.9 Å². The molecule has 0 radical (unpaired) electrons. The van der Waals surface area contributed by atoms with Gasteiger partial charge in [0.1, 0.15) is 5.76 Å². The Labute approximate surface area is 209 Å². The molecule has 180 valence electrons. The third kappa shape index (κ3) is 4.80. The van der Waals surface area contributed by atoms with Crippen molar-refractivity contribution in [3.05, 3.63) is 105 Å². The number of aromatic nitrogens is 3. The molecule has 0 fully saturated rings. The molecular weight excluding hydrogens is 478 g/mol. The summed E-state index contributed by atoms with van der Waals surface area (Å²) in [5, 5.41) is 6.99. The van der Waals surface area contributed by atoms with E-state index in [1.165, 1.54) is 16.0 Å². The second kappa shape index (κ2) is 9.96. The van der Waals surface area contributed by atoms with E-state index in [-0.39, 0.29) is 24.2 Å². The molecule has 10 heteroatoms. The maximum absolute atomic E-state index is 13.0. The van der Waals surface area contributed by atoms with E-state index in [1.54, 1.807) is 31.2 Å². The fourth-order valence-electron chi connectivity index (χ4n) is 3.75. The van der Waals surface area contributed by atoms with Crippen molar-refractivity contribution in [2.45, 2.75) is 19.9 Å². The number of hydrogen-bond donors (Lipinski definition) is 2. The monoisotopic (exact) mass is 499 g/mol. The van der Waals surface area contributed by atoms with Crippen molar-refractivity contribution in [2.75, 3.05) is 0 Å². The summed E-state index contributed by atoms with van der Waals surface area (Å²) in [5.41, 5.74) is 5.87. The molecule has 3 heterocycles. The Morgan fingerprint density at radius 1 is 0.972 bits per heavy atom. The normalized spacial score (nSPS) is 10.9. The molecule has 2 amide bonds. The highest BCUT2D eigenvalue weighted by molar-refractivity contribution is 7.13. The predicted molar refractivity (Wildman–Crippen MR) is 135 cm³/mol. The van der Waals surface area contributed by atoms with Crippen molar-refractivity contribution in [3.8, 4) is 10.8 Å². The minimum Gasteiger partial charge on any atom is -0.440 e. The molecule has 0 saturated carbocycles. The first-order valence-electron chi connectivity index (χ1n) is 11.1. The number of carbonyl (C=O) groups excluding carboxylic acids is 2. The lowest BCUT2D eigenvalue weighted by Crippen LogP contribution is -2.43. The van der Waals surface area contributed by atoms with Crippen LogP contribution in [0.25, 0.3) is 21.5 Å². The van der Waals surface area contributed by atoms with E-state index in [0.29, 0.717) is 28.1 Å². The first kappa shape index (κ1) is 23.2. The largest absolute Gasteiger partial charge is 0.440 e. The molecule has 2 aromatic carbocycles. The fraction of sp³-hybridized carbons (Fsp3) is 0.115. The fourth-order valence-corrected chi connectivity index (χ4v) is 4.40. The van der Waals surface area contributed by atoms with Gasteiger partial charge in [-0.3, -0.25) is 25.2 Å². The minimum absolute atomic E-state index is 0.0269. The molecule has 2 N–H and O–H groups in total. The molecule has 0 aliphatic carbocycles. The highest BCUT2D eigenvalue weighted by Crippen LogP contribution is 2.26. The third-order valence-electron chi connectivity index (χ3n) is 5.53. The van der Waals surface area contributed by atoms with Crippen molar-refractivity contribution < 1.29 is 14.0 Å². The summed E-state index contributed by atoms with van der Waals surface area (Å²) >= 11 is 1.49. The Balaban J connectivity index is 1.33. The first-order chi connectivity index (χ1) is 17.5. The summed E-state index contributed by atoms with van der Waals surface area (Å²) in [6.45, 7) is 1.94. The molecule has 0 saturated heterocycles. The van der Waals surface area contributed by atoms with Crippen LogP contribution < -0.4 is 16.4 Å². The van der Waals surface area contributed by atoms with E-state index in [1.807, 2.05) is 47.8 Å². The van der Waals surface area contributed by atoms with Gasteiger partial charge >= 0.3 is 0 Å². The number of rotatable bonds is 6. The molecule has 0 bridgehead atoms. The number of fused-ring (bicyclic) bond motifs is 1. The molecule has 0 aliphatic rings. The van der Waals surface area contributed by atoms with Crippen LogP contribution in [0.15, 0.2) is 81.3 Å². The van der Waals surface area contributed by atoms with E-state index >= 15 is 0 Å². The topological polar surface area (TPSA) is 119 Å². The average molecular weight is 500 g/mol. The van der Waals surface area contributed by atoms with Crippen LogP contribution in [-0.2, 0) is 17.8 Å². The van der Waals surface area contributed by atoms with Gasteiger partial charge in [0, 0.05) is 5.39 Å². The zero-order valence-corrected chi connectivity index (χ0v) is 20.0. The third-order valence-corrected chi connectivity index (χ3v) is 6.38. The predicted octanol–water partition coefficient (Wildman–Crippen LogP) is 3.47. The van der Waals surface area contributed by atoms with Crippen LogP contribution in [-0.4, -0.2) is 26.6 Å². The van der Waals surface area contributed by atoms with Crippen molar-refractivity contribution in [1.82, 2.24) is 25.6 Å². The lowest BCUT2D eigenvalue weighted by Gasteiger charge is -2.12. The molecule has 9 nitrogen and oxygen atoms in total. The van der Waals surface area contributed by atoms with Crippen molar-refractivity contribution in [2.24, 2.45) is 0 Å². The number of oxazole rings is 1. The van der Waals surface area contributed by atoms with Crippen LogP contribution in [0.3, 0.4) is 0 Å².